The Morgan fingerprint density at radius 3 is 2.84 bits per heavy atom. The van der Waals surface area contributed by atoms with Crippen LogP contribution in [0.15, 0.2) is 24.3 Å². The van der Waals surface area contributed by atoms with Gasteiger partial charge in [-0.3, -0.25) is 4.79 Å². The molecule has 1 amide bonds. The predicted octanol–water partition coefficient (Wildman–Crippen LogP) is 3.05. The number of rotatable bonds is 7. The second kappa shape index (κ2) is 6.92. The Hall–Kier alpha value is -1.06. The van der Waals surface area contributed by atoms with E-state index in [-0.39, 0.29) is 11.9 Å². The largest absolute Gasteiger partial charge is 0.353 e. The van der Waals surface area contributed by atoms with Crippen molar-refractivity contribution < 1.29 is 4.79 Å². The molecule has 104 valence electrons. The molecule has 0 aliphatic heterocycles. The van der Waals surface area contributed by atoms with Gasteiger partial charge in [-0.05, 0) is 44.4 Å². The van der Waals surface area contributed by atoms with Gasteiger partial charge in [0.2, 0.25) is 5.91 Å². The van der Waals surface area contributed by atoms with E-state index in [4.69, 9.17) is 11.6 Å². The third-order valence-electron chi connectivity index (χ3n) is 3.35. The average Bonchev–Trinajstić information content (AvgIpc) is 3.19. The molecule has 0 bridgehead atoms. The predicted molar refractivity (Wildman–Crippen MR) is 78.3 cm³/mol. The van der Waals surface area contributed by atoms with Crippen molar-refractivity contribution in [1.82, 2.24) is 10.6 Å². The summed E-state index contributed by atoms with van der Waals surface area (Å²) in [6, 6.07) is 8.52. The molecule has 19 heavy (non-hydrogen) atoms. The van der Waals surface area contributed by atoms with Crippen molar-refractivity contribution in [2.24, 2.45) is 0 Å². The van der Waals surface area contributed by atoms with Gasteiger partial charge < -0.3 is 10.6 Å². The standard InChI is InChI=1S/C15H21ClN2O/c1-11(13-5-2-3-6-14(13)16)17-10-4-7-15(19)18-12-8-9-12/h2-3,5-6,11-12,17H,4,7-10H2,1H3,(H,18,19). The van der Waals surface area contributed by atoms with Crippen molar-refractivity contribution in [2.75, 3.05) is 6.54 Å². The number of carbonyl (C=O) groups is 1. The molecule has 1 unspecified atom stereocenters. The van der Waals surface area contributed by atoms with Gasteiger partial charge in [-0.15, -0.1) is 0 Å². The number of amides is 1. The highest BCUT2D eigenvalue weighted by Crippen LogP contribution is 2.22. The molecule has 1 aliphatic rings. The third kappa shape index (κ3) is 4.84. The Morgan fingerprint density at radius 1 is 1.42 bits per heavy atom. The number of hydrogen-bond acceptors (Lipinski definition) is 2. The molecule has 1 fully saturated rings. The maximum absolute atomic E-state index is 11.5. The minimum absolute atomic E-state index is 0.176. The summed E-state index contributed by atoms with van der Waals surface area (Å²) < 4.78 is 0. The van der Waals surface area contributed by atoms with E-state index in [2.05, 4.69) is 17.6 Å². The lowest BCUT2D eigenvalue weighted by Gasteiger charge is -2.15. The zero-order chi connectivity index (χ0) is 13.7. The van der Waals surface area contributed by atoms with E-state index in [1.807, 2.05) is 24.3 Å². The van der Waals surface area contributed by atoms with Gasteiger partial charge in [-0.2, -0.15) is 0 Å². The van der Waals surface area contributed by atoms with Crippen LogP contribution in [0.3, 0.4) is 0 Å². The monoisotopic (exact) mass is 280 g/mol. The lowest BCUT2D eigenvalue weighted by molar-refractivity contribution is -0.121. The zero-order valence-electron chi connectivity index (χ0n) is 11.3. The molecule has 2 N–H and O–H groups in total. The van der Waals surface area contributed by atoms with Gasteiger partial charge in [0.05, 0.1) is 0 Å². The molecule has 4 heteroatoms. The Balaban J connectivity index is 1.64. The van der Waals surface area contributed by atoms with Crippen molar-refractivity contribution in [1.29, 1.82) is 0 Å². The lowest BCUT2D eigenvalue weighted by atomic mass is 10.1. The molecule has 0 radical (unpaired) electrons. The molecule has 1 aliphatic carbocycles. The van der Waals surface area contributed by atoms with Crippen LogP contribution >= 0.6 is 11.6 Å². The smallest absolute Gasteiger partial charge is 0.220 e. The van der Waals surface area contributed by atoms with E-state index in [9.17, 15) is 4.79 Å². The van der Waals surface area contributed by atoms with Crippen LogP contribution in [0.2, 0.25) is 5.02 Å². The van der Waals surface area contributed by atoms with Gasteiger partial charge in [0.15, 0.2) is 0 Å². The highest BCUT2D eigenvalue weighted by molar-refractivity contribution is 6.31. The van der Waals surface area contributed by atoms with Gasteiger partial charge in [0.1, 0.15) is 0 Å². The van der Waals surface area contributed by atoms with Gasteiger partial charge in [0.25, 0.3) is 0 Å². The van der Waals surface area contributed by atoms with Crippen molar-refractivity contribution in [3.05, 3.63) is 34.9 Å². The highest BCUT2D eigenvalue weighted by atomic mass is 35.5. The maximum atomic E-state index is 11.5. The Labute approximate surface area is 119 Å². The number of halogens is 1. The molecule has 1 aromatic carbocycles. The molecule has 2 rings (SSSR count). The van der Waals surface area contributed by atoms with Gasteiger partial charge in [-0.25, -0.2) is 0 Å². The first-order valence-electron chi connectivity index (χ1n) is 6.94. The molecule has 0 spiro atoms. The van der Waals surface area contributed by atoms with Crippen LogP contribution in [0, 0.1) is 0 Å². The topological polar surface area (TPSA) is 41.1 Å². The first-order chi connectivity index (χ1) is 9.16. The molecule has 0 saturated heterocycles. The summed E-state index contributed by atoms with van der Waals surface area (Å²) in [5.41, 5.74) is 1.10. The van der Waals surface area contributed by atoms with E-state index in [1.54, 1.807) is 0 Å². The fourth-order valence-corrected chi connectivity index (χ4v) is 2.33. The summed E-state index contributed by atoms with van der Waals surface area (Å²) >= 11 is 6.14. The molecule has 1 aromatic rings. The summed E-state index contributed by atoms with van der Waals surface area (Å²) in [6.45, 7) is 2.91. The van der Waals surface area contributed by atoms with E-state index in [0.717, 1.165) is 36.4 Å². The quantitative estimate of drug-likeness (QED) is 0.754. The minimum Gasteiger partial charge on any atom is -0.353 e. The number of benzene rings is 1. The van der Waals surface area contributed by atoms with Crippen molar-refractivity contribution in [3.63, 3.8) is 0 Å². The molecule has 0 aromatic heterocycles. The van der Waals surface area contributed by atoms with Crippen molar-refractivity contribution in [3.8, 4) is 0 Å². The van der Waals surface area contributed by atoms with Crippen molar-refractivity contribution in [2.45, 2.75) is 44.7 Å². The minimum atomic E-state index is 0.176. The summed E-state index contributed by atoms with van der Waals surface area (Å²) in [7, 11) is 0. The lowest BCUT2D eigenvalue weighted by Crippen LogP contribution is -2.27. The molecule has 3 nitrogen and oxygen atoms in total. The van der Waals surface area contributed by atoms with Gasteiger partial charge in [-0.1, -0.05) is 29.8 Å². The first-order valence-corrected chi connectivity index (χ1v) is 7.32. The number of nitrogens with one attached hydrogen (secondary N) is 2. The summed E-state index contributed by atoms with van der Waals surface area (Å²) in [6.07, 6.45) is 3.74. The van der Waals surface area contributed by atoms with Crippen LogP contribution in [-0.2, 0) is 4.79 Å². The molecule has 1 saturated carbocycles. The first kappa shape index (κ1) is 14.4. The molecule has 1 atom stereocenters. The Morgan fingerprint density at radius 2 is 2.16 bits per heavy atom. The van der Waals surface area contributed by atoms with Crippen LogP contribution in [0.25, 0.3) is 0 Å². The Bertz CT molecular complexity index is 432. The highest BCUT2D eigenvalue weighted by Gasteiger charge is 2.22. The van der Waals surface area contributed by atoms with Gasteiger partial charge in [0, 0.05) is 23.5 Å². The average molecular weight is 281 g/mol. The zero-order valence-corrected chi connectivity index (χ0v) is 12.0. The second-order valence-corrected chi connectivity index (χ2v) is 5.55. The summed E-state index contributed by atoms with van der Waals surface area (Å²) in [5, 5.41) is 7.18. The van der Waals surface area contributed by atoms with Crippen LogP contribution in [0.1, 0.15) is 44.2 Å². The van der Waals surface area contributed by atoms with E-state index in [0.29, 0.717) is 12.5 Å². The van der Waals surface area contributed by atoms with E-state index in [1.165, 1.54) is 0 Å². The maximum Gasteiger partial charge on any atom is 0.220 e. The van der Waals surface area contributed by atoms with Crippen LogP contribution < -0.4 is 10.6 Å². The van der Waals surface area contributed by atoms with E-state index >= 15 is 0 Å². The normalized spacial score (nSPS) is 16.1. The van der Waals surface area contributed by atoms with Gasteiger partial charge >= 0.3 is 0 Å². The van der Waals surface area contributed by atoms with Crippen LogP contribution in [-0.4, -0.2) is 18.5 Å². The fourth-order valence-electron chi connectivity index (χ4n) is 2.03. The molecular weight excluding hydrogens is 260 g/mol. The summed E-state index contributed by atoms with van der Waals surface area (Å²) in [4.78, 5) is 11.5. The second-order valence-electron chi connectivity index (χ2n) is 5.14. The summed E-state index contributed by atoms with van der Waals surface area (Å²) in [5.74, 6) is 0.176. The Kier molecular flexibility index (Phi) is 5.23. The van der Waals surface area contributed by atoms with Crippen LogP contribution in [0.5, 0.6) is 0 Å². The van der Waals surface area contributed by atoms with E-state index < -0.39 is 0 Å². The molecular formula is C15H21ClN2O. The SMILES string of the molecule is CC(NCCCC(=O)NC1CC1)c1ccccc1Cl. The number of hydrogen-bond donors (Lipinski definition) is 2. The van der Waals surface area contributed by atoms with Crippen LogP contribution in [0.4, 0.5) is 0 Å². The van der Waals surface area contributed by atoms with Crippen molar-refractivity contribution >= 4 is 17.5 Å². The third-order valence-corrected chi connectivity index (χ3v) is 3.69. The number of carbonyl (C=O) groups excluding carboxylic acids is 1. The fraction of sp³-hybridized carbons (Fsp3) is 0.533. The molecule has 0 heterocycles.